The molecule has 1 aromatic carbocycles. The molecule has 120 valence electrons. The van der Waals surface area contributed by atoms with Crippen LogP contribution in [-0.4, -0.2) is 38.4 Å². The zero-order valence-corrected chi connectivity index (χ0v) is 13.2. The molecule has 1 aromatic heterocycles. The van der Waals surface area contributed by atoms with Crippen molar-refractivity contribution in [3.63, 3.8) is 0 Å². The van der Waals surface area contributed by atoms with Gasteiger partial charge in [-0.15, -0.1) is 0 Å². The van der Waals surface area contributed by atoms with E-state index in [1.165, 1.54) is 20.5 Å². The number of anilines is 1. The van der Waals surface area contributed by atoms with Gasteiger partial charge in [0.15, 0.2) is 0 Å². The molecule has 0 bridgehead atoms. The van der Waals surface area contributed by atoms with Gasteiger partial charge in [0.1, 0.15) is 6.33 Å². The zero-order chi connectivity index (χ0) is 17.0. The first-order valence-electron chi connectivity index (χ1n) is 7.06. The van der Waals surface area contributed by atoms with Crippen LogP contribution in [0.2, 0.25) is 0 Å². The lowest BCUT2D eigenvalue weighted by atomic mass is 10.2. The van der Waals surface area contributed by atoms with Gasteiger partial charge in [-0.3, -0.25) is 4.57 Å². The van der Waals surface area contributed by atoms with Gasteiger partial charge in [0.2, 0.25) is 0 Å². The van der Waals surface area contributed by atoms with Crippen LogP contribution in [0.3, 0.4) is 0 Å². The molecule has 23 heavy (non-hydrogen) atoms. The Morgan fingerprint density at radius 3 is 2.61 bits per heavy atom. The van der Waals surface area contributed by atoms with Gasteiger partial charge in [-0.25, -0.2) is 9.59 Å². The van der Waals surface area contributed by atoms with E-state index in [-0.39, 0.29) is 24.2 Å². The summed E-state index contributed by atoms with van der Waals surface area (Å²) in [5, 5.41) is 15.4. The fourth-order valence-electron chi connectivity index (χ4n) is 1.92. The third-order valence-corrected chi connectivity index (χ3v) is 3.55. The molecule has 0 spiro atoms. The maximum atomic E-state index is 12.1. The molecule has 1 N–H and O–H groups in total. The number of nitriles is 1. The van der Waals surface area contributed by atoms with Gasteiger partial charge < -0.3 is 10.2 Å². The summed E-state index contributed by atoms with van der Waals surface area (Å²) >= 11 is 0. The number of nitrogens with zero attached hydrogens (tertiary/aromatic N) is 5. The molecule has 1 heterocycles. The van der Waals surface area contributed by atoms with Gasteiger partial charge in [-0.05, 0) is 31.2 Å². The molecule has 1 atom stereocenters. The normalized spacial score (nSPS) is 11.6. The van der Waals surface area contributed by atoms with Crippen LogP contribution in [0.25, 0.3) is 5.69 Å². The average molecular weight is 314 g/mol. The predicted octanol–water partition coefficient (Wildman–Crippen LogP) is 1.34. The molecule has 0 aliphatic rings. The average Bonchev–Trinajstić information content (AvgIpc) is 2.87. The fourth-order valence-corrected chi connectivity index (χ4v) is 1.92. The largest absolute Gasteiger partial charge is 0.350 e. The van der Waals surface area contributed by atoms with Gasteiger partial charge in [0, 0.05) is 25.8 Å². The number of aryl methyl sites for hydroxylation is 1. The number of hydrogen-bond acceptors (Lipinski definition) is 4. The van der Waals surface area contributed by atoms with Crippen molar-refractivity contribution in [2.45, 2.75) is 19.4 Å². The van der Waals surface area contributed by atoms with Crippen molar-refractivity contribution in [2.75, 3.05) is 12.4 Å². The Morgan fingerprint density at radius 1 is 1.43 bits per heavy atom. The molecule has 0 fully saturated rings. The molecule has 0 unspecified atom stereocenters. The number of carbonyl (C=O) groups excluding carboxylic acids is 1. The van der Waals surface area contributed by atoms with E-state index in [1.807, 2.05) is 6.07 Å². The van der Waals surface area contributed by atoms with Gasteiger partial charge in [0.05, 0.1) is 18.2 Å². The van der Waals surface area contributed by atoms with Crippen LogP contribution in [0.1, 0.15) is 13.3 Å². The molecule has 0 saturated carbocycles. The van der Waals surface area contributed by atoms with Gasteiger partial charge in [-0.2, -0.15) is 15.0 Å². The molecule has 0 aliphatic carbocycles. The summed E-state index contributed by atoms with van der Waals surface area (Å²) in [5.74, 6) is 0. The second-order valence-corrected chi connectivity index (χ2v) is 5.24. The minimum absolute atomic E-state index is 0.175. The van der Waals surface area contributed by atoms with Crippen LogP contribution in [0.4, 0.5) is 10.5 Å². The maximum absolute atomic E-state index is 12.1. The maximum Gasteiger partial charge on any atom is 0.350 e. The van der Waals surface area contributed by atoms with E-state index in [9.17, 15) is 9.59 Å². The molecule has 0 saturated heterocycles. The van der Waals surface area contributed by atoms with Crippen LogP contribution in [0.5, 0.6) is 0 Å². The lowest BCUT2D eigenvalue weighted by molar-refractivity contribution is 0.208. The number of nitrogens with one attached hydrogen (secondary N) is 1. The van der Waals surface area contributed by atoms with Crippen molar-refractivity contribution in [2.24, 2.45) is 7.05 Å². The number of carbonyl (C=O) groups is 1. The zero-order valence-electron chi connectivity index (χ0n) is 13.2. The standard InChI is InChI=1S/C15H18N6O2/c1-11(8-9-16)20(3)14(22)18-12-4-6-13(7-5-12)21-15(23)19(2)10-17-21/h4-7,10-11H,8H2,1-3H3,(H,18,22)/t11-/m0/s1. The van der Waals surface area contributed by atoms with Crippen molar-refractivity contribution >= 4 is 11.7 Å². The van der Waals surface area contributed by atoms with Crippen LogP contribution >= 0.6 is 0 Å². The second-order valence-electron chi connectivity index (χ2n) is 5.24. The number of amides is 2. The molecule has 0 aliphatic heterocycles. The van der Waals surface area contributed by atoms with Crippen molar-refractivity contribution in [3.8, 4) is 11.8 Å². The summed E-state index contributed by atoms with van der Waals surface area (Å²) in [5.41, 5.74) is 0.963. The molecule has 2 aromatic rings. The van der Waals surface area contributed by atoms with Crippen LogP contribution in [0, 0.1) is 11.3 Å². The summed E-state index contributed by atoms with van der Waals surface area (Å²) in [7, 11) is 3.26. The molecule has 8 heteroatoms. The van der Waals surface area contributed by atoms with E-state index in [0.29, 0.717) is 11.4 Å². The number of aromatic nitrogens is 3. The number of benzene rings is 1. The van der Waals surface area contributed by atoms with Crippen LogP contribution < -0.4 is 11.0 Å². The summed E-state index contributed by atoms with van der Waals surface area (Å²) in [4.78, 5) is 25.4. The Bertz CT molecular complexity index is 784. The SMILES string of the molecule is C[C@@H](CC#N)N(C)C(=O)Nc1ccc(-n2ncn(C)c2=O)cc1. The summed E-state index contributed by atoms with van der Waals surface area (Å²) in [6, 6.07) is 8.34. The van der Waals surface area contributed by atoms with Crippen molar-refractivity contribution in [3.05, 3.63) is 41.1 Å². The van der Waals surface area contributed by atoms with Crippen molar-refractivity contribution < 1.29 is 4.79 Å². The molecular weight excluding hydrogens is 296 g/mol. The van der Waals surface area contributed by atoms with Gasteiger partial charge >= 0.3 is 11.7 Å². The van der Waals surface area contributed by atoms with Crippen molar-refractivity contribution in [1.29, 1.82) is 5.26 Å². The molecule has 8 nitrogen and oxygen atoms in total. The number of urea groups is 1. The lowest BCUT2D eigenvalue weighted by Gasteiger charge is -2.23. The summed E-state index contributed by atoms with van der Waals surface area (Å²) in [6.07, 6.45) is 1.70. The van der Waals surface area contributed by atoms with E-state index in [1.54, 1.807) is 45.3 Å². The van der Waals surface area contributed by atoms with E-state index >= 15 is 0 Å². The smallest absolute Gasteiger partial charge is 0.324 e. The second kappa shape index (κ2) is 6.79. The van der Waals surface area contributed by atoms with E-state index in [2.05, 4.69) is 10.4 Å². The topological polar surface area (TPSA) is 95.9 Å². The summed E-state index contributed by atoms with van der Waals surface area (Å²) < 4.78 is 2.65. The minimum atomic E-state index is -0.296. The first kappa shape index (κ1) is 16.3. The highest BCUT2D eigenvalue weighted by atomic mass is 16.2. The Morgan fingerprint density at radius 2 is 2.09 bits per heavy atom. The highest BCUT2D eigenvalue weighted by Crippen LogP contribution is 2.13. The quantitative estimate of drug-likeness (QED) is 0.921. The molecule has 0 radical (unpaired) electrons. The molecule has 2 rings (SSSR count). The third-order valence-electron chi connectivity index (χ3n) is 3.55. The Labute approximate surface area is 133 Å². The van der Waals surface area contributed by atoms with E-state index in [0.717, 1.165) is 0 Å². The Kier molecular flexibility index (Phi) is 4.81. The lowest BCUT2D eigenvalue weighted by Crippen LogP contribution is -2.38. The molecule has 2 amide bonds. The van der Waals surface area contributed by atoms with Crippen LogP contribution in [0.15, 0.2) is 35.4 Å². The Balaban J connectivity index is 2.09. The monoisotopic (exact) mass is 314 g/mol. The van der Waals surface area contributed by atoms with Gasteiger partial charge in [0.25, 0.3) is 0 Å². The van der Waals surface area contributed by atoms with Gasteiger partial charge in [-0.1, -0.05) is 0 Å². The Hall–Kier alpha value is -3.08. The van der Waals surface area contributed by atoms with Crippen molar-refractivity contribution in [1.82, 2.24) is 19.2 Å². The summed E-state index contributed by atoms with van der Waals surface area (Å²) in [6.45, 7) is 1.80. The minimum Gasteiger partial charge on any atom is -0.324 e. The first-order valence-corrected chi connectivity index (χ1v) is 7.06. The van der Waals surface area contributed by atoms with Crippen LogP contribution in [-0.2, 0) is 7.05 Å². The highest BCUT2D eigenvalue weighted by molar-refractivity contribution is 5.89. The third kappa shape index (κ3) is 3.58. The number of rotatable bonds is 4. The fraction of sp³-hybridized carbons (Fsp3) is 0.333. The first-order chi connectivity index (χ1) is 10.9. The van der Waals surface area contributed by atoms with E-state index in [4.69, 9.17) is 5.26 Å². The molecular formula is C15H18N6O2. The van der Waals surface area contributed by atoms with E-state index < -0.39 is 0 Å². The predicted molar refractivity (Wildman–Crippen MR) is 85.3 cm³/mol. The number of hydrogen-bond donors (Lipinski definition) is 1. The highest BCUT2D eigenvalue weighted by Gasteiger charge is 2.15.